The third-order valence-electron chi connectivity index (χ3n) is 3.35. The molecule has 23 heavy (non-hydrogen) atoms. The Morgan fingerprint density at radius 1 is 1.30 bits per heavy atom. The summed E-state index contributed by atoms with van der Waals surface area (Å²) < 4.78 is 3.87. The maximum atomic E-state index is 6.07. The minimum absolute atomic E-state index is 0.675. The van der Waals surface area contributed by atoms with E-state index in [1.54, 1.807) is 18.0 Å². The van der Waals surface area contributed by atoms with Crippen LogP contribution in [0.15, 0.2) is 41.8 Å². The Bertz CT molecular complexity index is 769. The number of tetrazole rings is 1. The molecule has 0 aliphatic heterocycles. The fraction of sp³-hybridized carbons (Fsp3) is 0.333. The van der Waals surface area contributed by atoms with Gasteiger partial charge in [-0.25, -0.2) is 9.67 Å². The Morgan fingerprint density at radius 2 is 2.22 bits per heavy atom. The van der Waals surface area contributed by atoms with Crippen LogP contribution in [0.1, 0.15) is 25.6 Å². The molecule has 3 rings (SSSR count). The highest BCUT2D eigenvalue weighted by Crippen LogP contribution is 2.24. The van der Waals surface area contributed by atoms with Gasteiger partial charge in [0.1, 0.15) is 0 Å². The number of hydrogen-bond acceptors (Lipinski definition) is 5. The van der Waals surface area contributed by atoms with Crippen LogP contribution in [-0.2, 0) is 12.3 Å². The average Bonchev–Trinajstić information content (AvgIpc) is 3.19. The number of benzene rings is 1. The normalized spacial score (nSPS) is 11.0. The van der Waals surface area contributed by atoms with Crippen LogP contribution in [-0.4, -0.2) is 29.8 Å². The van der Waals surface area contributed by atoms with Crippen molar-refractivity contribution in [3.05, 3.63) is 47.5 Å². The highest BCUT2D eigenvalue weighted by atomic mass is 35.5. The number of nitrogens with zero attached hydrogens (tertiary/aromatic N) is 6. The first-order chi connectivity index (χ1) is 11.3. The third kappa shape index (κ3) is 3.92. The molecule has 2 heterocycles. The summed E-state index contributed by atoms with van der Waals surface area (Å²) >= 11 is 7.68. The van der Waals surface area contributed by atoms with Gasteiger partial charge >= 0.3 is 0 Å². The van der Waals surface area contributed by atoms with Crippen LogP contribution in [0, 0.1) is 0 Å². The summed E-state index contributed by atoms with van der Waals surface area (Å²) in [6.45, 7) is 3.00. The van der Waals surface area contributed by atoms with Crippen molar-refractivity contribution in [2.24, 2.45) is 0 Å². The first-order valence-corrected chi connectivity index (χ1v) is 8.81. The molecule has 0 aliphatic rings. The van der Waals surface area contributed by atoms with Gasteiger partial charge in [0, 0.05) is 29.6 Å². The van der Waals surface area contributed by atoms with Crippen molar-refractivity contribution >= 4 is 23.4 Å². The van der Waals surface area contributed by atoms with E-state index < -0.39 is 0 Å². The molecule has 6 nitrogen and oxygen atoms in total. The van der Waals surface area contributed by atoms with Gasteiger partial charge in [-0.15, -0.1) is 5.10 Å². The molecular formula is C15H17ClN6S. The molecule has 0 saturated heterocycles. The number of imidazole rings is 1. The predicted molar refractivity (Wildman–Crippen MR) is 90.9 cm³/mol. The van der Waals surface area contributed by atoms with Crippen molar-refractivity contribution in [2.45, 2.75) is 37.2 Å². The molecule has 0 spiro atoms. The van der Waals surface area contributed by atoms with Gasteiger partial charge in [0.05, 0.1) is 5.75 Å². The van der Waals surface area contributed by atoms with Crippen molar-refractivity contribution < 1.29 is 0 Å². The number of aryl methyl sites for hydroxylation is 1. The van der Waals surface area contributed by atoms with E-state index in [4.69, 9.17) is 11.6 Å². The topological polar surface area (TPSA) is 61.4 Å². The van der Waals surface area contributed by atoms with Crippen molar-refractivity contribution in [3.8, 4) is 5.69 Å². The second-order valence-electron chi connectivity index (χ2n) is 5.02. The van der Waals surface area contributed by atoms with Crippen LogP contribution < -0.4 is 0 Å². The van der Waals surface area contributed by atoms with Gasteiger partial charge in [-0.05, 0) is 35.0 Å². The first kappa shape index (κ1) is 16.0. The minimum atomic E-state index is 0.675. The Balaban J connectivity index is 1.73. The first-order valence-electron chi connectivity index (χ1n) is 7.45. The molecule has 0 fully saturated rings. The molecule has 120 valence electrons. The van der Waals surface area contributed by atoms with Gasteiger partial charge < -0.3 is 0 Å². The summed E-state index contributed by atoms with van der Waals surface area (Å²) in [5, 5.41) is 13.5. The predicted octanol–water partition coefficient (Wildman–Crippen LogP) is 3.60. The summed E-state index contributed by atoms with van der Waals surface area (Å²) in [7, 11) is 0. The summed E-state index contributed by atoms with van der Waals surface area (Å²) in [5.41, 5.74) is 0.989. The Labute approximate surface area is 143 Å². The molecule has 1 aromatic carbocycles. The van der Waals surface area contributed by atoms with E-state index in [0.717, 1.165) is 36.1 Å². The molecule has 0 saturated carbocycles. The smallest absolute Gasteiger partial charge is 0.173 e. The Hall–Kier alpha value is -1.86. The number of thioether (sulfide) groups is 1. The molecule has 0 atom stereocenters. The van der Waals surface area contributed by atoms with Crippen LogP contribution in [0.2, 0.25) is 5.02 Å². The summed E-state index contributed by atoms with van der Waals surface area (Å²) in [4.78, 5) is 4.42. The van der Waals surface area contributed by atoms with Crippen LogP contribution >= 0.6 is 23.4 Å². The van der Waals surface area contributed by atoms with Gasteiger partial charge in [-0.3, -0.25) is 4.57 Å². The summed E-state index contributed by atoms with van der Waals surface area (Å²) in [5.74, 6) is 1.54. The SMILES string of the molecule is CCCCn1nnnc1CSc1nccn1-c1cccc(Cl)c1. The van der Waals surface area contributed by atoms with Gasteiger partial charge in [-0.1, -0.05) is 42.8 Å². The van der Waals surface area contributed by atoms with E-state index in [0.29, 0.717) is 10.8 Å². The van der Waals surface area contributed by atoms with Crippen molar-refractivity contribution in [1.29, 1.82) is 0 Å². The zero-order chi connectivity index (χ0) is 16.1. The third-order valence-corrected chi connectivity index (χ3v) is 4.55. The van der Waals surface area contributed by atoms with Gasteiger partial charge in [0.25, 0.3) is 0 Å². The maximum Gasteiger partial charge on any atom is 0.173 e. The van der Waals surface area contributed by atoms with Crippen molar-refractivity contribution in [1.82, 2.24) is 29.8 Å². The van der Waals surface area contributed by atoms with E-state index in [9.17, 15) is 0 Å². The molecule has 0 N–H and O–H groups in total. The van der Waals surface area contributed by atoms with E-state index in [2.05, 4.69) is 27.4 Å². The van der Waals surface area contributed by atoms with Crippen LogP contribution in [0.5, 0.6) is 0 Å². The lowest BCUT2D eigenvalue weighted by Crippen LogP contribution is -2.05. The Morgan fingerprint density at radius 3 is 3.04 bits per heavy atom. The molecule has 0 aliphatic carbocycles. The van der Waals surface area contributed by atoms with E-state index >= 15 is 0 Å². The summed E-state index contributed by atoms with van der Waals surface area (Å²) in [6.07, 6.45) is 5.89. The molecule has 0 bridgehead atoms. The number of unbranched alkanes of at least 4 members (excludes halogenated alkanes) is 1. The lowest BCUT2D eigenvalue weighted by atomic mass is 10.3. The van der Waals surface area contributed by atoms with Gasteiger partial charge in [0.2, 0.25) is 0 Å². The second-order valence-corrected chi connectivity index (χ2v) is 6.40. The minimum Gasteiger partial charge on any atom is -0.295 e. The average molecular weight is 349 g/mol. The van der Waals surface area contributed by atoms with E-state index in [1.807, 2.05) is 39.7 Å². The zero-order valence-corrected chi connectivity index (χ0v) is 14.3. The number of hydrogen-bond donors (Lipinski definition) is 0. The number of aromatic nitrogens is 6. The number of halogens is 1. The van der Waals surface area contributed by atoms with Gasteiger partial charge in [0.15, 0.2) is 11.0 Å². The van der Waals surface area contributed by atoms with Gasteiger partial charge in [-0.2, -0.15) is 0 Å². The molecule has 8 heteroatoms. The number of rotatable bonds is 7. The van der Waals surface area contributed by atoms with Crippen LogP contribution in [0.4, 0.5) is 0 Å². The lowest BCUT2D eigenvalue weighted by molar-refractivity contribution is 0.540. The molecule has 0 amide bonds. The summed E-state index contributed by atoms with van der Waals surface area (Å²) in [6, 6.07) is 7.70. The molecule has 2 aromatic heterocycles. The maximum absolute atomic E-state index is 6.07. The molecular weight excluding hydrogens is 332 g/mol. The van der Waals surface area contributed by atoms with E-state index in [-0.39, 0.29) is 0 Å². The Kier molecular flexibility index (Phi) is 5.30. The van der Waals surface area contributed by atoms with Crippen molar-refractivity contribution in [3.63, 3.8) is 0 Å². The fourth-order valence-corrected chi connectivity index (χ4v) is 3.25. The zero-order valence-electron chi connectivity index (χ0n) is 12.8. The van der Waals surface area contributed by atoms with Crippen LogP contribution in [0.25, 0.3) is 5.69 Å². The molecule has 0 unspecified atom stereocenters. The second kappa shape index (κ2) is 7.61. The van der Waals surface area contributed by atoms with Crippen LogP contribution in [0.3, 0.4) is 0 Å². The largest absolute Gasteiger partial charge is 0.295 e. The standard InChI is InChI=1S/C15H17ClN6S/c1-2-3-8-22-14(18-19-20-22)11-23-15-17-7-9-21(15)13-6-4-5-12(16)10-13/h4-7,9-10H,2-3,8,11H2,1H3. The fourth-order valence-electron chi connectivity index (χ4n) is 2.16. The highest BCUT2D eigenvalue weighted by Gasteiger charge is 2.10. The molecule has 0 radical (unpaired) electrons. The molecule has 3 aromatic rings. The highest BCUT2D eigenvalue weighted by molar-refractivity contribution is 7.98. The van der Waals surface area contributed by atoms with Crippen molar-refractivity contribution in [2.75, 3.05) is 0 Å². The quantitative estimate of drug-likeness (QED) is 0.610. The lowest BCUT2D eigenvalue weighted by Gasteiger charge is -2.08. The van der Waals surface area contributed by atoms with E-state index in [1.165, 1.54) is 0 Å². The monoisotopic (exact) mass is 348 g/mol.